The summed E-state index contributed by atoms with van der Waals surface area (Å²) in [7, 11) is 0. The lowest BCUT2D eigenvalue weighted by Crippen LogP contribution is -2.60. The lowest BCUT2D eigenvalue weighted by atomic mass is 9.99. The number of amides is 1. The minimum Gasteiger partial charge on any atom is -0.466 e. The second kappa shape index (κ2) is 58.6. The molecule has 1 rings (SSSR count). The number of hydrogen-bond acceptors (Lipinski definition) is 10. The number of aliphatic hydroxyl groups excluding tert-OH is 5. The van der Waals surface area contributed by atoms with E-state index in [-0.39, 0.29) is 18.5 Å². The fourth-order valence-corrected chi connectivity index (χ4v) is 10.8. The van der Waals surface area contributed by atoms with Gasteiger partial charge < -0.3 is 45.1 Å². The molecule has 1 fully saturated rings. The van der Waals surface area contributed by atoms with Crippen LogP contribution in [0.3, 0.4) is 0 Å². The lowest BCUT2D eigenvalue weighted by molar-refractivity contribution is -0.302. The number of rotatable bonds is 60. The van der Waals surface area contributed by atoms with Crippen LogP contribution in [0.25, 0.3) is 0 Å². The maximum Gasteiger partial charge on any atom is 0.305 e. The highest BCUT2D eigenvalue weighted by Gasteiger charge is 2.44. The first-order chi connectivity index (χ1) is 39.2. The van der Waals surface area contributed by atoms with Crippen molar-refractivity contribution in [2.24, 2.45) is 0 Å². The highest BCUT2D eigenvalue weighted by molar-refractivity contribution is 5.76. The Hall–Kier alpha value is -2.12. The van der Waals surface area contributed by atoms with Crippen molar-refractivity contribution < 1.29 is 49.3 Å². The smallest absolute Gasteiger partial charge is 0.305 e. The van der Waals surface area contributed by atoms with Crippen molar-refractivity contribution in [3.63, 3.8) is 0 Å². The summed E-state index contributed by atoms with van der Waals surface area (Å²) in [5.74, 6) is -0.183. The number of nitrogens with one attached hydrogen (secondary N) is 1. The number of carbonyl (C=O) groups is 2. The molecule has 7 unspecified atom stereocenters. The van der Waals surface area contributed by atoms with Crippen LogP contribution in [0.5, 0.6) is 0 Å². The fourth-order valence-electron chi connectivity index (χ4n) is 10.8. The van der Waals surface area contributed by atoms with Gasteiger partial charge in [0.1, 0.15) is 24.4 Å². The number of ether oxygens (including phenoxy) is 3. The first-order valence-corrected chi connectivity index (χ1v) is 34.3. The van der Waals surface area contributed by atoms with Gasteiger partial charge in [-0.2, -0.15) is 0 Å². The van der Waals surface area contributed by atoms with Gasteiger partial charge in [0.05, 0.1) is 32.0 Å². The zero-order chi connectivity index (χ0) is 58.0. The average molecular weight is 1130 g/mol. The Kier molecular flexibility index (Phi) is 55.6. The van der Waals surface area contributed by atoms with Crippen molar-refractivity contribution in [1.29, 1.82) is 0 Å². The minimum atomic E-state index is -1.57. The van der Waals surface area contributed by atoms with Crippen molar-refractivity contribution in [2.45, 2.75) is 371 Å². The third-order valence-electron chi connectivity index (χ3n) is 16.2. The molecule has 1 amide bonds. The number of unbranched alkanes of at least 4 members (excludes halogenated alkanes) is 42. The summed E-state index contributed by atoms with van der Waals surface area (Å²) in [5.41, 5.74) is 0. The zero-order valence-corrected chi connectivity index (χ0v) is 52.1. The Morgan fingerprint density at radius 3 is 1.27 bits per heavy atom. The standard InChI is InChI=1S/C69H129NO10/c1-3-5-7-9-11-13-14-15-16-17-28-31-34-37-41-45-49-53-57-65(74)78-58-54-50-46-42-38-35-32-29-26-24-22-20-18-19-21-23-25-27-30-33-36-40-44-48-52-56-64(73)70-61(62(72)55-51-47-43-39-12-10-8-6-4-2)60-79-69-68(77)67(76)66(75)63(59-71)80-69/h13-14,16-17,51,55,61-63,66-69,71-72,75-77H,3-12,15,18-50,52-54,56-60H2,1-2H3,(H,70,73)/b14-13-,17-16-,55-51+. The Balaban J connectivity index is 1.92. The number of carbonyl (C=O) groups excluding carboxylic acids is 2. The van der Waals surface area contributed by atoms with Crippen LogP contribution in [-0.2, 0) is 23.8 Å². The molecule has 6 N–H and O–H groups in total. The van der Waals surface area contributed by atoms with E-state index < -0.39 is 49.5 Å². The molecule has 0 radical (unpaired) electrons. The van der Waals surface area contributed by atoms with Gasteiger partial charge in [0.15, 0.2) is 6.29 Å². The van der Waals surface area contributed by atoms with Crippen LogP contribution in [0.4, 0.5) is 0 Å². The summed E-state index contributed by atoms with van der Waals surface area (Å²) in [4.78, 5) is 25.1. The van der Waals surface area contributed by atoms with E-state index in [2.05, 4.69) is 43.5 Å². The summed E-state index contributed by atoms with van der Waals surface area (Å²) in [6.07, 6.45) is 64.2. The summed E-state index contributed by atoms with van der Waals surface area (Å²) < 4.78 is 16.7. The maximum atomic E-state index is 13.0. The molecule has 1 saturated heterocycles. The van der Waals surface area contributed by atoms with Crippen LogP contribution in [0.2, 0.25) is 0 Å². The van der Waals surface area contributed by atoms with Crippen LogP contribution in [0, 0.1) is 0 Å². The van der Waals surface area contributed by atoms with Crippen molar-refractivity contribution >= 4 is 11.9 Å². The number of aliphatic hydroxyl groups is 5. The second-order valence-electron chi connectivity index (χ2n) is 23.9. The molecular weight excluding hydrogens is 1000 g/mol. The molecule has 470 valence electrons. The monoisotopic (exact) mass is 1130 g/mol. The van der Waals surface area contributed by atoms with E-state index in [4.69, 9.17) is 14.2 Å². The SMILES string of the molecule is CCCCCC/C=C\C/C=C\CCCCCCCCCC(=O)OCCCCCCCCCCCCCCCCCCCCCCCCCCCC(=O)NC(COC1OC(CO)C(O)C(O)C1O)C(O)/C=C/CCCCCCCCC. The van der Waals surface area contributed by atoms with Crippen molar-refractivity contribution in [1.82, 2.24) is 5.32 Å². The van der Waals surface area contributed by atoms with E-state index in [9.17, 15) is 35.1 Å². The normalized spacial score (nSPS) is 18.5. The first kappa shape index (κ1) is 75.9. The molecule has 0 aromatic rings. The van der Waals surface area contributed by atoms with Gasteiger partial charge in [0.25, 0.3) is 0 Å². The fraction of sp³-hybridized carbons (Fsp3) is 0.884. The summed E-state index contributed by atoms with van der Waals surface area (Å²) in [6, 6.07) is -0.807. The second-order valence-corrected chi connectivity index (χ2v) is 23.9. The molecule has 7 atom stereocenters. The molecule has 1 aliphatic rings. The molecule has 1 aliphatic heterocycles. The van der Waals surface area contributed by atoms with E-state index in [1.807, 2.05) is 6.08 Å². The van der Waals surface area contributed by atoms with Gasteiger partial charge >= 0.3 is 5.97 Å². The third-order valence-corrected chi connectivity index (χ3v) is 16.2. The largest absolute Gasteiger partial charge is 0.466 e. The Labute approximate surface area is 492 Å². The first-order valence-electron chi connectivity index (χ1n) is 34.3. The van der Waals surface area contributed by atoms with E-state index >= 15 is 0 Å². The van der Waals surface area contributed by atoms with Crippen LogP contribution >= 0.6 is 0 Å². The number of allylic oxidation sites excluding steroid dienone is 5. The molecule has 1 heterocycles. The minimum absolute atomic E-state index is 0.00135. The van der Waals surface area contributed by atoms with Gasteiger partial charge in [0, 0.05) is 12.8 Å². The molecule has 80 heavy (non-hydrogen) atoms. The maximum absolute atomic E-state index is 13.0. The molecule has 11 heteroatoms. The molecule has 0 spiro atoms. The Bertz CT molecular complexity index is 1420. The van der Waals surface area contributed by atoms with E-state index in [1.54, 1.807) is 6.08 Å². The van der Waals surface area contributed by atoms with Gasteiger partial charge in [-0.15, -0.1) is 0 Å². The van der Waals surface area contributed by atoms with Gasteiger partial charge in [-0.1, -0.05) is 288 Å². The van der Waals surface area contributed by atoms with Gasteiger partial charge in [-0.3, -0.25) is 9.59 Å². The average Bonchev–Trinajstić information content (AvgIpc) is 3.46. The van der Waals surface area contributed by atoms with Crippen molar-refractivity contribution in [2.75, 3.05) is 19.8 Å². The van der Waals surface area contributed by atoms with Gasteiger partial charge in [-0.25, -0.2) is 0 Å². The highest BCUT2D eigenvalue weighted by atomic mass is 16.7. The predicted octanol–water partition coefficient (Wildman–Crippen LogP) is 17.0. The van der Waals surface area contributed by atoms with Crippen LogP contribution in [0.15, 0.2) is 36.5 Å². The van der Waals surface area contributed by atoms with Crippen LogP contribution in [-0.4, -0.2) is 100 Å². The quantitative estimate of drug-likeness (QED) is 0.0195. The summed E-state index contributed by atoms with van der Waals surface area (Å²) in [6.45, 7) is 4.32. The molecule has 0 aliphatic carbocycles. The van der Waals surface area contributed by atoms with E-state index in [1.165, 1.54) is 238 Å². The molecule has 11 nitrogen and oxygen atoms in total. The van der Waals surface area contributed by atoms with Crippen LogP contribution in [0.1, 0.15) is 328 Å². The molecule has 0 bridgehead atoms. The summed E-state index contributed by atoms with van der Waals surface area (Å²) in [5, 5.41) is 54.3. The van der Waals surface area contributed by atoms with Gasteiger partial charge in [0.2, 0.25) is 5.91 Å². The van der Waals surface area contributed by atoms with Crippen molar-refractivity contribution in [3.05, 3.63) is 36.5 Å². The molecule has 0 saturated carbocycles. The lowest BCUT2D eigenvalue weighted by Gasteiger charge is -2.40. The summed E-state index contributed by atoms with van der Waals surface area (Å²) >= 11 is 0. The molecule has 0 aromatic carbocycles. The number of esters is 1. The third kappa shape index (κ3) is 47.3. The van der Waals surface area contributed by atoms with Crippen molar-refractivity contribution in [3.8, 4) is 0 Å². The highest BCUT2D eigenvalue weighted by Crippen LogP contribution is 2.23. The van der Waals surface area contributed by atoms with Crippen LogP contribution < -0.4 is 5.32 Å². The molecule has 0 aromatic heterocycles. The zero-order valence-electron chi connectivity index (χ0n) is 52.1. The molecular formula is C69H129NO10. The Morgan fingerprint density at radius 2 is 0.838 bits per heavy atom. The Morgan fingerprint density at radius 1 is 0.463 bits per heavy atom. The van der Waals surface area contributed by atoms with E-state index in [0.29, 0.717) is 19.4 Å². The number of hydrogen-bond donors (Lipinski definition) is 6. The van der Waals surface area contributed by atoms with E-state index in [0.717, 1.165) is 64.2 Å². The van der Waals surface area contributed by atoms with Gasteiger partial charge in [-0.05, 0) is 64.2 Å². The predicted molar refractivity (Wildman–Crippen MR) is 334 cm³/mol. The topological polar surface area (TPSA) is 175 Å².